The molecule has 2 atom stereocenters. The van der Waals surface area contributed by atoms with Crippen LogP contribution >= 0.6 is 22.9 Å². The lowest BCUT2D eigenvalue weighted by molar-refractivity contribution is -0.147. The quantitative estimate of drug-likeness (QED) is 0.567. The van der Waals surface area contributed by atoms with Gasteiger partial charge in [0.05, 0.1) is 23.3 Å². The first kappa shape index (κ1) is 24.4. The maximum Gasteiger partial charge on any atom is 0.245 e. The van der Waals surface area contributed by atoms with Crippen molar-refractivity contribution in [1.82, 2.24) is 14.5 Å². The lowest BCUT2D eigenvalue weighted by Crippen LogP contribution is -2.54. The standard InChI is InChI=1S/C20H30ClN3O5S2/c1-14(2)13-17(20(26)23-8-10-29-11-9-23)24-7-5-16(19(24)25)22-31(27,28)12-6-15-3-4-18(21)30-15/h3-4,14,16-17,22H,5-13H2,1-2H3/t16?,17-/m0/s1. The number of amides is 2. The van der Waals surface area contributed by atoms with Gasteiger partial charge in [0.15, 0.2) is 0 Å². The SMILES string of the molecule is CC(C)C[C@@H](C(=O)N1CCOCC1)N1CCC(NS(=O)(=O)CCc2ccc(Cl)s2)C1=O. The van der Waals surface area contributed by atoms with Crippen molar-refractivity contribution in [2.45, 2.75) is 45.2 Å². The summed E-state index contributed by atoms with van der Waals surface area (Å²) in [7, 11) is -3.65. The average Bonchev–Trinajstić information content (AvgIpc) is 3.30. The van der Waals surface area contributed by atoms with Gasteiger partial charge in [0.25, 0.3) is 0 Å². The zero-order valence-corrected chi connectivity index (χ0v) is 20.3. The number of ether oxygens (including phenoxy) is 1. The smallest absolute Gasteiger partial charge is 0.245 e. The van der Waals surface area contributed by atoms with E-state index in [9.17, 15) is 18.0 Å². The second kappa shape index (κ2) is 10.6. The molecule has 8 nitrogen and oxygen atoms in total. The van der Waals surface area contributed by atoms with Gasteiger partial charge < -0.3 is 14.5 Å². The van der Waals surface area contributed by atoms with Crippen molar-refractivity contribution < 1.29 is 22.7 Å². The Kier molecular flexibility index (Phi) is 8.37. The maximum absolute atomic E-state index is 13.1. The van der Waals surface area contributed by atoms with Crippen LogP contribution in [-0.2, 0) is 30.8 Å². The molecule has 0 aromatic carbocycles. The average molecular weight is 492 g/mol. The van der Waals surface area contributed by atoms with Crippen LogP contribution in [0.5, 0.6) is 0 Å². The second-order valence-electron chi connectivity index (χ2n) is 8.35. The highest BCUT2D eigenvalue weighted by molar-refractivity contribution is 7.89. The Balaban J connectivity index is 1.63. The molecule has 31 heavy (non-hydrogen) atoms. The Hall–Kier alpha value is -1.20. The highest BCUT2D eigenvalue weighted by Gasteiger charge is 2.41. The van der Waals surface area contributed by atoms with Crippen LogP contribution in [0, 0.1) is 5.92 Å². The van der Waals surface area contributed by atoms with Crippen LogP contribution in [-0.4, -0.2) is 80.7 Å². The van der Waals surface area contributed by atoms with Gasteiger partial charge in [-0.25, -0.2) is 13.1 Å². The molecule has 174 valence electrons. The van der Waals surface area contributed by atoms with Crippen molar-refractivity contribution in [3.63, 3.8) is 0 Å². The molecule has 2 aliphatic heterocycles. The first-order valence-electron chi connectivity index (χ1n) is 10.6. The van der Waals surface area contributed by atoms with Gasteiger partial charge in [-0.2, -0.15) is 0 Å². The topological polar surface area (TPSA) is 96.0 Å². The number of hydrogen-bond acceptors (Lipinski definition) is 6. The Morgan fingerprint density at radius 2 is 2.00 bits per heavy atom. The Bertz CT molecular complexity index is 883. The van der Waals surface area contributed by atoms with Crippen LogP contribution in [0.3, 0.4) is 0 Å². The minimum Gasteiger partial charge on any atom is -0.378 e. The van der Waals surface area contributed by atoms with Crippen LogP contribution in [0.2, 0.25) is 4.34 Å². The predicted molar refractivity (Wildman–Crippen MR) is 121 cm³/mol. The van der Waals surface area contributed by atoms with E-state index < -0.39 is 22.1 Å². The zero-order valence-electron chi connectivity index (χ0n) is 17.9. The predicted octanol–water partition coefficient (Wildman–Crippen LogP) is 1.74. The third kappa shape index (κ3) is 6.64. The van der Waals surface area contributed by atoms with Crippen molar-refractivity contribution in [1.29, 1.82) is 0 Å². The van der Waals surface area contributed by atoms with E-state index >= 15 is 0 Å². The summed E-state index contributed by atoms with van der Waals surface area (Å²) in [5.41, 5.74) is 0. The number of carbonyl (C=O) groups excluding carboxylic acids is 2. The lowest BCUT2D eigenvalue weighted by Gasteiger charge is -2.35. The molecule has 1 aromatic heterocycles. The minimum absolute atomic E-state index is 0.0802. The van der Waals surface area contributed by atoms with E-state index in [1.165, 1.54) is 11.3 Å². The number of nitrogens with one attached hydrogen (secondary N) is 1. The highest BCUT2D eigenvalue weighted by atomic mass is 35.5. The first-order chi connectivity index (χ1) is 14.7. The van der Waals surface area contributed by atoms with E-state index in [1.807, 2.05) is 13.8 Å². The first-order valence-corrected chi connectivity index (χ1v) is 13.4. The van der Waals surface area contributed by atoms with E-state index in [2.05, 4.69) is 4.72 Å². The number of carbonyl (C=O) groups is 2. The van der Waals surface area contributed by atoms with E-state index in [4.69, 9.17) is 16.3 Å². The van der Waals surface area contributed by atoms with Gasteiger partial charge in [0.2, 0.25) is 21.8 Å². The number of halogens is 1. The van der Waals surface area contributed by atoms with Gasteiger partial charge >= 0.3 is 0 Å². The number of sulfonamides is 1. The molecule has 2 fully saturated rings. The second-order valence-corrected chi connectivity index (χ2v) is 12.0. The van der Waals surface area contributed by atoms with Gasteiger partial charge in [-0.15, -0.1) is 11.3 Å². The number of aryl methyl sites for hydroxylation is 1. The molecule has 0 radical (unpaired) electrons. The van der Waals surface area contributed by atoms with Crippen molar-refractivity contribution in [2.24, 2.45) is 5.92 Å². The number of hydrogen-bond donors (Lipinski definition) is 1. The van der Waals surface area contributed by atoms with Gasteiger partial charge in [-0.1, -0.05) is 25.4 Å². The third-order valence-electron chi connectivity index (χ3n) is 5.49. The normalized spacial score (nSPS) is 21.2. The summed E-state index contributed by atoms with van der Waals surface area (Å²) in [4.78, 5) is 30.4. The number of nitrogens with zero attached hydrogens (tertiary/aromatic N) is 2. The Morgan fingerprint density at radius 1 is 1.29 bits per heavy atom. The summed E-state index contributed by atoms with van der Waals surface area (Å²) in [6.45, 7) is 6.39. The van der Waals surface area contributed by atoms with Crippen molar-refractivity contribution in [3.8, 4) is 0 Å². The van der Waals surface area contributed by atoms with Gasteiger partial charge in [0, 0.05) is 24.5 Å². The van der Waals surface area contributed by atoms with Gasteiger partial charge in [0.1, 0.15) is 12.1 Å². The van der Waals surface area contributed by atoms with Crippen LogP contribution in [0.25, 0.3) is 0 Å². The summed E-state index contributed by atoms with van der Waals surface area (Å²) >= 11 is 7.24. The molecule has 2 amide bonds. The molecule has 1 N–H and O–H groups in total. The number of morpholine rings is 1. The van der Waals surface area contributed by atoms with Crippen molar-refractivity contribution in [2.75, 3.05) is 38.6 Å². The molecular formula is C20H30ClN3O5S2. The molecule has 11 heteroatoms. The molecule has 0 spiro atoms. The fraction of sp³-hybridized carbons (Fsp3) is 0.700. The summed E-state index contributed by atoms with van der Waals surface area (Å²) in [5.74, 6) is -0.301. The molecule has 2 aliphatic rings. The summed E-state index contributed by atoms with van der Waals surface area (Å²) in [6.07, 6.45) is 1.23. The third-order valence-corrected chi connectivity index (χ3v) is 8.16. The molecular weight excluding hydrogens is 462 g/mol. The molecule has 0 bridgehead atoms. The summed E-state index contributed by atoms with van der Waals surface area (Å²) < 4.78 is 33.6. The number of rotatable bonds is 9. The van der Waals surface area contributed by atoms with Crippen molar-refractivity contribution in [3.05, 3.63) is 21.3 Å². The van der Waals surface area contributed by atoms with E-state index in [0.29, 0.717) is 56.4 Å². The van der Waals surface area contributed by atoms with Crippen LogP contribution in [0.1, 0.15) is 31.6 Å². The fourth-order valence-electron chi connectivity index (χ4n) is 3.92. The zero-order chi connectivity index (χ0) is 22.6. The van der Waals surface area contributed by atoms with E-state index in [-0.39, 0.29) is 23.5 Å². The molecule has 0 saturated carbocycles. The van der Waals surface area contributed by atoms with Crippen LogP contribution in [0.15, 0.2) is 12.1 Å². The van der Waals surface area contributed by atoms with Crippen LogP contribution < -0.4 is 4.72 Å². The molecule has 1 aromatic rings. The number of thiophene rings is 1. The Labute approximate surface area is 192 Å². The highest BCUT2D eigenvalue weighted by Crippen LogP contribution is 2.24. The molecule has 3 heterocycles. The van der Waals surface area contributed by atoms with E-state index in [1.54, 1.807) is 21.9 Å². The minimum atomic E-state index is -3.65. The van der Waals surface area contributed by atoms with Gasteiger partial charge in [-0.3, -0.25) is 9.59 Å². The molecule has 3 rings (SSSR count). The lowest BCUT2D eigenvalue weighted by atomic mass is 10.0. The maximum atomic E-state index is 13.1. The number of likely N-dealkylation sites (tertiary alicyclic amines) is 1. The van der Waals surface area contributed by atoms with E-state index in [0.717, 1.165) is 4.88 Å². The molecule has 2 saturated heterocycles. The molecule has 1 unspecified atom stereocenters. The Morgan fingerprint density at radius 3 is 2.61 bits per heavy atom. The van der Waals surface area contributed by atoms with Gasteiger partial charge in [-0.05, 0) is 37.3 Å². The largest absolute Gasteiger partial charge is 0.378 e. The fourth-order valence-corrected chi connectivity index (χ4v) is 6.39. The summed E-state index contributed by atoms with van der Waals surface area (Å²) in [6, 6.07) is 2.14. The summed E-state index contributed by atoms with van der Waals surface area (Å²) in [5, 5.41) is 0. The monoisotopic (exact) mass is 491 g/mol. The van der Waals surface area contributed by atoms with Crippen LogP contribution in [0.4, 0.5) is 0 Å². The molecule has 0 aliphatic carbocycles. The van der Waals surface area contributed by atoms with Crippen molar-refractivity contribution >= 4 is 44.8 Å².